The monoisotopic (exact) mass is 228 g/mol. The number of hydrogen-bond donors (Lipinski definition) is 3. The number of hydrogen-bond acceptors (Lipinski definition) is 3. The molecule has 4 N–H and O–H groups in total. The molecule has 2 atom stereocenters. The Morgan fingerprint density at radius 3 is 2.56 bits per heavy atom. The van der Waals surface area contributed by atoms with Crippen molar-refractivity contribution in [1.82, 2.24) is 5.32 Å². The van der Waals surface area contributed by atoms with Gasteiger partial charge in [0.15, 0.2) is 0 Å². The Hall–Kier alpha value is -1.10. The topological polar surface area (TPSA) is 92.4 Å². The van der Waals surface area contributed by atoms with E-state index in [1.54, 1.807) is 0 Å². The highest BCUT2D eigenvalue weighted by molar-refractivity contribution is 5.82. The van der Waals surface area contributed by atoms with Gasteiger partial charge in [0, 0.05) is 6.04 Å². The van der Waals surface area contributed by atoms with Gasteiger partial charge in [0.2, 0.25) is 5.91 Å². The van der Waals surface area contributed by atoms with Gasteiger partial charge in [-0.1, -0.05) is 13.3 Å². The fourth-order valence-electron chi connectivity index (χ4n) is 1.75. The van der Waals surface area contributed by atoms with Gasteiger partial charge in [-0.25, -0.2) is 0 Å². The molecule has 0 heterocycles. The zero-order chi connectivity index (χ0) is 12.1. The summed E-state index contributed by atoms with van der Waals surface area (Å²) in [5, 5.41) is 11.5. The van der Waals surface area contributed by atoms with Crippen molar-refractivity contribution in [3.8, 4) is 0 Å². The van der Waals surface area contributed by atoms with Crippen molar-refractivity contribution in [2.45, 2.75) is 51.1 Å². The van der Waals surface area contributed by atoms with Gasteiger partial charge < -0.3 is 16.2 Å². The molecule has 5 heteroatoms. The maximum Gasteiger partial charge on any atom is 0.305 e. The van der Waals surface area contributed by atoms with Crippen LogP contribution >= 0.6 is 0 Å². The molecule has 0 bridgehead atoms. The molecule has 0 aromatic rings. The number of carboxylic acid groups (broad SMARTS) is 1. The van der Waals surface area contributed by atoms with Crippen molar-refractivity contribution in [3.05, 3.63) is 0 Å². The quantitative estimate of drug-likeness (QED) is 0.591. The number of aliphatic carboxylic acids is 1. The molecule has 0 aromatic heterocycles. The van der Waals surface area contributed by atoms with Gasteiger partial charge in [-0.2, -0.15) is 0 Å². The number of nitrogens with one attached hydrogen (secondary N) is 1. The van der Waals surface area contributed by atoms with Crippen LogP contribution < -0.4 is 11.1 Å². The zero-order valence-corrected chi connectivity index (χ0v) is 9.61. The SMILES string of the molecule is CCC[C@@H](N)C(=O)NC(CC(=O)O)C1CC1. The Labute approximate surface area is 95.4 Å². The van der Waals surface area contributed by atoms with E-state index in [2.05, 4.69) is 5.32 Å². The first-order valence-corrected chi connectivity index (χ1v) is 5.82. The van der Waals surface area contributed by atoms with Crippen LogP contribution in [-0.4, -0.2) is 29.1 Å². The molecule has 0 spiro atoms. The second-order valence-corrected chi connectivity index (χ2v) is 4.45. The van der Waals surface area contributed by atoms with Gasteiger partial charge in [-0.15, -0.1) is 0 Å². The van der Waals surface area contributed by atoms with Crippen molar-refractivity contribution < 1.29 is 14.7 Å². The average molecular weight is 228 g/mol. The molecular weight excluding hydrogens is 208 g/mol. The lowest BCUT2D eigenvalue weighted by molar-refractivity contribution is -0.138. The molecule has 0 saturated heterocycles. The van der Waals surface area contributed by atoms with Crippen LogP contribution in [0.1, 0.15) is 39.0 Å². The third-order valence-corrected chi connectivity index (χ3v) is 2.85. The molecule has 5 nitrogen and oxygen atoms in total. The highest BCUT2D eigenvalue weighted by Crippen LogP contribution is 2.34. The fraction of sp³-hybridized carbons (Fsp3) is 0.818. The van der Waals surface area contributed by atoms with E-state index in [4.69, 9.17) is 10.8 Å². The first-order valence-electron chi connectivity index (χ1n) is 5.82. The molecule has 1 unspecified atom stereocenters. The smallest absolute Gasteiger partial charge is 0.305 e. The molecule has 1 rings (SSSR count). The van der Waals surface area contributed by atoms with Crippen molar-refractivity contribution in [3.63, 3.8) is 0 Å². The molecule has 1 amide bonds. The third kappa shape index (κ3) is 4.18. The lowest BCUT2D eigenvalue weighted by atomic mass is 10.1. The Morgan fingerprint density at radius 1 is 1.50 bits per heavy atom. The summed E-state index contributed by atoms with van der Waals surface area (Å²) < 4.78 is 0. The van der Waals surface area contributed by atoms with E-state index in [0.29, 0.717) is 12.3 Å². The predicted molar refractivity (Wildman–Crippen MR) is 59.8 cm³/mol. The predicted octanol–water partition coefficient (Wildman–Crippen LogP) is 0.483. The summed E-state index contributed by atoms with van der Waals surface area (Å²) in [5.74, 6) is -0.768. The number of carboxylic acids is 1. The lowest BCUT2D eigenvalue weighted by Gasteiger charge is -2.19. The number of rotatable bonds is 7. The van der Waals surface area contributed by atoms with Gasteiger partial charge in [0.25, 0.3) is 0 Å². The van der Waals surface area contributed by atoms with Gasteiger partial charge in [0.1, 0.15) is 0 Å². The summed E-state index contributed by atoms with van der Waals surface area (Å²) in [6.07, 6.45) is 3.48. The minimum Gasteiger partial charge on any atom is -0.481 e. The molecular formula is C11H20N2O3. The minimum absolute atomic E-state index is 0.00471. The van der Waals surface area contributed by atoms with Gasteiger partial charge in [-0.05, 0) is 25.2 Å². The van der Waals surface area contributed by atoms with Crippen molar-refractivity contribution in [1.29, 1.82) is 0 Å². The molecule has 1 fully saturated rings. The fourth-order valence-corrected chi connectivity index (χ4v) is 1.75. The second-order valence-electron chi connectivity index (χ2n) is 4.45. The Bertz CT molecular complexity index is 264. The van der Waals surface area contributed by atoms with Crippen molar-refractivity contribution in [2.24, 2.45) is 11.7 Å². The zero-order valence-electron chi connectivity index (χ0n) is 9.61. The van der Waals surface area contributed by atoms with Crippen LogP contribution in [0.25, 0.3) is 0 Å². The Morgan fingerprint density at radius 2 is 2.12 bits per heavy atom. The van der Waals surface area contributed by atoms with E-state index in [9.17, 15) is 9.59 Å². The number of carbonyl (C=O) groups excluding carboxylic acids is 1. The first kappa shape index (κ1) is 13.0. The van der Waals surface area contributed by atoms with Crippen LogP contribution in [-0.2, 0) is 9.59 Å². The van der Waals surface area contributed by atoms with E-state index < -0.39 is 12.0 Å². The van der Waals surface area contributed by atoms with E-state index >= 15 is 0 Å². The highest BCUT2D eigenvalue weighted by atomic mass is 16.4. The normalized spacial score (nSPS) is 18.9. The van der Waals surface area contributed by atoms with Gasteiger partial charge in [-0.3, -0.25) is 9.59 Å². The number of carbonyl (C=O) groups is 2. The Kier molecular flexibility index (Phi) is 4.73. The maximum atomic E-state index is 11.6. The van der Waals surface area contributed by atoms with E-state index in [1.807, 2.05) is 6.92 Å². The Balaban J connectivity index is 2.41. The van der Waals surface area contributed by atoms with Gasteiger partial charge in [0.05, 0.1) is 12.5 Å². The van der Waals surface area contributed by atoms with E-state index in [1.165, 1.54) is 0 Å². The summed E-state index contributed by atoms with van der Waals surface area (Å²) in [6, 6.07) is -0.757. The largest absolute Gasteiger partial charge is 0.481 e. The van der Waals surface area contributed by atoms with Crippen LogP contribution in [0.5, 0.6) is 0 Å². The van der Waals surface area contributed by atoms with Crippen LogP contribution in [0.4, 0.5) is 0 Å². The molecule has 16 heavy (non-hydrogen) atoms. The summed E-state index contributed by atoms with van der Waals surface area (Å²) in [5.41, 5.74) is 5.67. The van der Waals surface area contributed by atoms with Crippen LogP contribution in [0.2, 0.25) is 0 Å². The van der Waals surface area contributed by atoms with Crippen LogP contribution in [0, 0.1) is 5.92 Å². The summed E-state index contributed by atoms with van der Waals surface area (Å²) in [6.45, 7) is 1.96. The van der Waals surface area contributed by atoms with Crippen molar-refractivity contribution >= 4 is 11.9 Å². The van der Waals surface area contributed by atoms with Crippen molar-refractivity contribution in [2.75, 3.05) is 0 Å². The lowest BCUT2D eigenvalue weighted by Crippen LogP contribution is -2.46. The van der Waals surface area contributed by atoms with Crippen LogP contribution in [0.3, 0.4) is 0 Å². The summed E-state index contributed by atoms with van der Waals surface area (Å²) in [4.78, 5) is 22.3. The molecule has 1 saturated carbocycles. The number of amides is 1. The second kappa shape index (κ2) is 5.84. The van der Waals surface area contributed by atoms with E-state index in [-0.39, 0.29) is 18.4 Å². The van der Waals surface area contributed by atoms with Crippen LogP contribution in [0.15, 0.2) is 0 Å². The highest BCUT2D eigenvalue weighted by Gasteiger charge is 2.34. The molecule has 0 aliphatic heterocycles. The molecule has 1 aliphatic carbocycles. The minimum atomic E-state index is -0.874. The molecule has 0 radical (unpaired) electrons. The summed E-state index contributed by atoms with van der Waals surface area (Å²) >= 11 is 0. The molecule has 0 aromatic carbocycles. The third-order valence-electron chi connectivity index (χ3n) is 2.85. The number of nitrogens with two attached hydrogens (primary N) is 1. The van der Waals surface area contributed by atoms with Gasteiger partial charge >= 0.3 is 5.97 Å². The molecule has 1 aliphatic rings. The summed E-state index contributed by atoms with van der Waals surface area (Å²) in [7, 11) is 0. The average Bonchev–Trinajstić information content (AvgIpc) is 2.99. The standard InChI is InChI=1S/C11H20N2O3/c1-2-3-8(12)11(16)13-9(6-10(14)15)7-4-5-7/h7-9H,2-6,12H2,1H3,(H,13,16)(H,14,15)/t8-,9?/m1/s1. The first-order chi connectivity index (χ1) is 7.54. The maximum absolute atomic E-state index is 11.6. The molecule has 92 valence electrons. The van der Waals surface area contributed by atoms with E-state index in [0.717, 1.165) is 19.3 Å².